The van der Waals surface area contributed by atoms with Gasteiger partial charge in [-0.05, 0) is 32.1 Å². The lowest BCUT2D eigenvalue weighted by Crippen LogP contribution is -2.40. The zero-order valence-electron chi connectivity index (χ0n) is 14.0. The molecule has 1 saturated heterocycles. The fraction of sp³-hybridized carbons (Fsp3) is 0.647. The number of rotatable bonds is 4. The molecule has 1 atom stereocenters. The predicted octanol–water partition coefficient (Wildman–Crippen LogP) is 1.61. The Morgan fingerprint density at radius 3 is 3.08 bits per heavy atom. The maximum absolute atomic E-state index is 12.5. The summed E-state index contributed by atoms with van der Waals surface area (Å²) in [5.41, 5.74) is 1.37. The van der Waals surface area contributed by atoms with Crippen LogP contribution in [-0.2, 0) is 24.3 Å². The van der Waals surface area contributed by atoms with Gasteiger partial charge in [0.15, 0.2) is 0 Å². The Labute approximate surface area is 141 Å². The minimum atomic E-state index is 0.209. The maximum atomic E-state index is 12.5. The van der Waals surface area contributed by atoms with Crippen LogP contribution in [0.4, 0.5) is 0 Å². The molecule has 0 unspecified atom stereocenters. The first kappa shape index (κ1) is 15.4. The highest BCUT2D eigenvalue weighted by Crippen LogP contribution is 2.29. The van der Waals surface area contributed by atoms with Crippen molar-refractivity contribution in [2.24, 2.45) is 0 Å². The molecule has 4 heterocycles. The topological polar surface area (TPSA) is 68.8 Å². The first-order chi connectivity index (χ1) is 11.8. The number of hydrogen-bond donors (Lipinski definition) is 0. The van der Waals surface area contributed by atoms with E-state index >= 15 is 0 Å². The van der Waals surface area contributed by atoms with Gasteiger partial charge in [-0.25, -0.2) is 9.97 Å². The molecule has 2 aromatic rings. The summed E-state index contributed by atoms with van der Waals surface area (Å²) in [6.45, 7) is 3.34. The zero-order valence-corrected chi connectivity index (χ0v) is 14.0. The second-order valence-corrected chi connectivity index (χ2v) is 6.80. The predicted molar refractivity (Wildman–Crippen MR) is 88.4 cm³/mol. The smallest absolute Gasteiger partial charge is 0.224 e. The van der Waals surface area contributed by atoms with E-state index in [1.54, 1.807) is 11.0 Å². The third-order valence-electron chi connectivity index (χ3n) is 5.19. The van der Waals surface area contributed by atoms with E-state index in [1.165, 1.54) is 30.7 Å². The maximum Gasteiger partial charge on any atom is 0.224 e. The molecule has 2 aliphatic heterocycles. The third kappa shape index (κ3) is 3.07. The van der Waals surface area contributed by atoms with Crippen molar-refractivity contribution < 1.29 is 4.79 Å². The summed E-state index contributed by atoms with van der Waals surface area (Å²) in [6, 6.07) is 0. The van der Waals surface area contributed by atoms with Crippen molar-refractivity contribution in [1.29, 1.82) is 0 Å². The fourth-order valence-electron chi connectivity index (χ4n) is 3.92. The summed E-state index contributed by atoms with van der Waals surface area (Å²) >= 11 is 0. The van der Waals surface area contributed by atoms with E-state index in [1.807, 2.05) is 11.1 Å². The average molecular weight is 328 g/mol. The first-order valence-electron chi connectivity index (χ1n) is 8.96. The van der Waals surface area contributed by atoms with Gasteiger partial charge < -0.3 is 9.47 Å². The molecule has 1 fully saturated rings. The van der Waals surface area contributed by atoms with Gasteiger partial charge in [0.25, 0.3) is 0 Å². The highest BCUT2D eigenvalue weighted by Gasteiger charge is 2.28. The number of nitrogens with zero attached hydrogens (tertiary/aromatic N) is 6. The molecule has 0 aliphatic carbocycles. The molecule has 0 N–H and O–H groups in total. The van der Waals surface area contributed by atoms with E-state index in [0.717, 1.165) is 38.9 Å². The lowest BCUT2D eigenvalue weighted by molar-refractivity contribution is -0.132. The normalized spacial score (nSPS) is 20.8. The van der Waals surface area contributed by atoms with Crippen molar-refractivity contribution >= 4 is 5.91 Å². The number of fused-ring (bicyclic) bond motifs is 1. The van der Waals surface area contributed by atoms with Gasteiger partial charge >= 0.3 is 0 Å². The number of amides is 1. The van der Waals surface area contributed by atoms with Crippen LogP contribution in [0.5, 0.6) is 0 Å². The quantitative estimate of drug-likeness (QED) is 0.855. The summed E-state index contributed by atoms with van der Waals surface area (Å²) in [4.78, 5) is 23.2. The molecular weight excluding hydrogens is 304 g/mol. The van der Waals surface area contributed by atoms with Crippen molar-refractivity contribution in [1.82, 2.24) is 29.2 Å². The van der Waals surface area contributed by atoms with Crippen LogP contribution in [-0.4, -0.2) is 48.2 Å². The van der Waals surface area contributed by atoms with Gasteiger partial charge in [0, 0.05) is 43.9 Å². The van der Waals surface area contributed by atoms with E-state index in [-0.39, 0.29) is 5.91 Å². The number of likely N-dealkylation sites (tertiary alicyclic amines) is 1. The van der Waals surface area contributed by atoms with Crippen molar-refractivity contribution in [3.05, 3.63) is 30.4 Å². The van der Waals surface area contributed by atoms with Gasteiger partial charge in [-0.2, -0.15) is 5.10 Å². The number of carbonyl (C=O) groups excluding carboxylic acids is 1. The largest absolute Gasteiger partial charge is 0.342 e. The van der Waals surface area contributed by atoms with Crippen LogP contribution in [0.3, 0.4) is 0 Å². The molecule has 1 amide bonds. The number of piperidine rings is 1. The van der Waals surface area contributed by atoms with Gasteiger partial charge in [0.05, 0.1) is 6.54 Å². The Morgan fingerprint density at radius 2 is 2.21 bits per heavy atom. The number of imidazole rings is 1. The Morgan fingerprint density at radius 1 is 1.25 bits per heavy atom. The molecule has 7 nitrogen and oxygen atoms in total. The van der Waals surface area contributed by atoms with Gasteiger partial charge in [-0.3, -0.25) is 9.48 Å². The average Bonchev–Trinajstić information content (AvgIpc) is 3.29. The molecule has 0 spiro atoms. The molecule has 4 rings (SSSR count). The highest BCUT2D eigenvalue weighted by molar-refractivity contribution is 5.76. The molecule has 24 heavy (non-hydrogen) atoms. The number of aryl methyl sites for hydroxylation is 2. The Kier molecular flexibility index (Phi) is 4.32. The van der Waals surface area contributed by atoms with Crippen molar-refractivity contribution in [3.63, 3.8) is 0 Å². The summed E-state index contributed by atoms with van der Waals surface area (Å²) in [5, 5.41) is 4.06. The molecule has 2 aliphatic rings. The van der Waals surface area contributed by atoms with E-state index < -0.39 is 0 Å². The summed E-state index contributed by atoms with van der Waals surface area (Å²) in [6.07, 6.45) is 11.5. The van der Waals surface area contributed by atoms with Crippen LogP contribution in [0, 0.1) is 0 Å². The summed E-state index contributed by atoms with van der Waals surface area (Å²) in [7, 11) is 0. The molecule has 0 saturated carbocycles. The van der Waals surface area contributed by atoms with Crippen LogP contribution in [0.25, 0.3) is 0 Å². The van der Waals surface area contributed by atoms with Gasteiger partial charge in [-0.1, -0.05) is 0 Å². The standard InChI is InChI=1S/C17H24N6O/c24-16(6-9-22-13-18-12-20-22)21-7-3-4-14(11-21)17-19-10-15-5-1-2-8-23(15)17/h10,12-14H,1-9,11H2/t14-/m1/s1. The Hall–Kier alpha value is -2.18. The fourth-order valence-corrected chi connectivity index (χ4v) is 3.92. The van der Waals surface area contributed by atoms with Crippen molar-refractivity contribution in [3.8, 4) is 0 Å². The van der Waals surface area contributed by atoms with Crippen LogP contribution in [0.2, 0.25) is 0 Å². The lowest BCUT2D eigenvalue weighted by atomic mass is 9.96. The highest BCUT2D eigenvalue weighted by atomic mass is 16.2. The summed E-state index contributed by atoms with van der Waals surface area (Å²) < 4.78 is 4.11. The number of aromatic nitrogens is 5. The molecular formula is C17H24N6O. The van der Waals surface area contributed by atoms with Gasteiger partial charge in [0.1, 0.15) is 18.5 Å². The first-order valence-corrected chi connectivity index (χ1v) is 8.96. The molecule has 0 bridgehead atoms. The molecule has 128 valence electrons. The minimum Gasteiger partial charge on any atom is -0.342 e. The van der Waals surface area contributed by atoms with Crippen LogP contribution in [0.1, 0.15) is 49.5 Å². The van der Waals surface area contributed by atoms with Crippen LogP contribution >= 0.6 is 0 Å². The molecule has 0 aromatic carbocycles. The number of hydrogen-bond acceptors (Lipinski definition) is 4. The van der Waals surface area contributed by atoms with Crippen LogP contribution < -0.4 is 0 Å². The second-order valence-electron chi connectivity index (χ2n) is 6.80. The second kappa shape index (κ2) is 6.75. The zero-order chi connectivity index (χ0) is 16.4. The lowest BCUT2D eigenvalue weighted by Gasteiger charge is -2.33. The van der Waals surface area contributed by atoms with Gasteiger partial charge in [-0.15, -0.1) is 0 Å². The van der Waals surface area contributed by atoms with E-state index in [4.69, 9.17) is 4.98 Å². The van der Waals surface area contributed by atoms with Gasteiger partial charge in [0.2, 0.25) is 5.91 Å². The van der Waals surface area contributed by atoms with Crippen molar-refractivity contribution in [2.75, 3.05) is 13.1 Å². The Balaban J connectivity index is 1.40. The van der Waals surface area contributed by atoms with E-state index in [9.17, 15) is 4.79 Å². The monoisotopic (exact) mass is 328 g/mol. The minimum absolute atomic E-state index is 0.209. The molecule has 0 radical (unpaired) electrons. The Bertz CT molecular complexity index is 692. The van der Waals surface area contributed by atoms with E-state index in [0.29, 0.717) is 18.9 Å². The van der Waals surface area contributed by atoms with Crippen LogP contribution in [0.15, 0.2) is 18.9 Å². The molecule has 7 heteroatoms. The SMILES string of the molecule is O=C(CCn1cncn1)N1CCC[C@@H](c2ncc3n2CCCC3)C1. The molecule has 2 aromatic heterocycles. The summed E-state index contributed by atoms with van der Waals surface area (Å²) in [5.74, 6) is 1.78. The van der Waals surface area contributed by atoms with Crippen molar-refractivity contribution in [2.45, 2.75) is 57.5 Å². The van der Waals surface area contributed by atoms with E-state index in [2.05, 4.69) is 14.6 Å². The third-order valence-corrected chi connectivity index (χ3v) is 5.19. The number of carbonyl (C=O) groups is 1.